The van der Waals surface area contributed by atoms with Crippen molar-refractivity contribution in [2.75, 3.05) is 0 Å². The first-order valence-electron chi connectivity index (χ1n) is 18.0. The molecule has 1 radical (unpaired) electrons. The molecule has 0 fully saturated rings. The van der Waals surface area contributed by atoms with Gasteiger partial charge in [0, 0.05) is 48.4 Å². The maximum Gasteiger partial charge on any atom is 2.00 e. The van der Waals surface area contributed by atoms with Crippen molar-refractivity contribution in [2.24, 2.45) is 0 Å². The van der Waals surface area contributed by atoms with Crippen LogP contribution in [-0.4, -0.2) is 29.9 Å². The fraction of sp³-hybridized carbons (Fsp3) is 0.273. The molecule has 5 heterocycles. The molecule has 0 N–H and O–H groups in total. The predicted octanol–water partition coefficient (Wildman–Crippen LogP) is 10.6. The molecule has 8 bridgehead atoms. The molecule has 2 aliphatic heterocycles. The van der Waals surface area contributed by atoms with Crippen LogP contribution in [0.15, 0.2) is 72.8 Å². The van der Waals surface area contributed by atoms with Gasteiger partial charge in [-0.1, -0.05) is 105 Å². The van der Waals surface area contributed by atoms with Crippen LogP contribution < -0.4 is 9.97 Å². The summed E-state index contributed by atoms with van der Waals surface area (Å²) in [6.07, 6.45) is 0. The number of aromatic nitrogens is 8. The van der Waals surface area contributed by atoms with Crippen molar-refractivity contribution in [2.45, 2.75) is 78.6 Å². The summed E-state index contributed by atoms with van der Waals surface area (Å²) in [6.45, 7) is 19.9. The van der Waals surface area contributed by atoms with E-state index in [0.717, 1.165) is 47.4 Å². The third-order valence-corrected chi connectivity index (χ3v) is 10.9. The van der Waals surface area contributed by atoms with E-state index in [0.29, 0.717) is 45.9 Å². The molecule has 4 aromatic carbocycles. The summed E-state index contributed by atoms with van der Waals surface area (Å²) in [5.41, 5.74) is 9.18. The minimum absolute atomic E-state index is 0. The number of fused-ring (bicyclic) bond motifs is 20. The molecule has 0 spiro atoms. The van der Waals surface area contributed by atoms with Crippen LogP contribution >= 0.6 is 22.6 Å². The molecule has 8 nitrogen and oxygen atoms in total. The quantitative estimate of drug-likeness (QED) is 0.139. The zero-order valence-corrected chi connectivity index (χ0v) is 34.9. The van der Waals surface area contributed by atoms with Gasteiger partial charge in [0.2, 0.25) is 0 Å². The van der Waals surface area contributed by atoms with Crippen molar-refractivity contribution < 1.29 is 16.8 Å². The minimum Gasteiger partial charge on any atom is -0.357 e. The van der Waals surface area contributed by atoms with Gasteiger partial charge in [-0.3, -0.25) is 0 Å². The van der Waals surface area contributed by atoms with Crippen LogP contribution in [0, 0.1) is 3.57 Å². The molecule has 0 saturated carbocycles. The maximum atomic E-state index is 5.24. The molecule has 0 unspecified atom stereocenters. The molecule has 2 aliphatic rings. The summed E-state index contributed by atoms with van der Waals surface area (Å²) in [6, 6.07) is 25.6. The normalized spacial score (nSPS) is 12.9. The fourth-order valence-corrected chi connectivity index (χ4v) is 7.53. The summed E-state index contributed by atoms with van der Waals surface area (Å²) in [5, 5.41) is 3.64. The minimum atomic E-state index is -0.0785. The Bertz CT molecular complexity index is 2860. The van der Waals surface area contributed by atoms with E-state index in [2.05, 4.69) is 158 Å². The Hall–Kier alpha value is -4.52. The van der Waals surface area contributed by atoms with Crippen molar-refractivity contribution in [1.82, 2.24) is 39.9 Å². The molecule has 0 saturated heterocycles. The van der Waals surface area contributed by atoms with Gasteiger partial charge in [-0.15, -0.1) is 0 Å². The number of rotatable bonds is 0. The Kier molecular flexibility index (Phi) is 8.44. The predicted molar refractivity (Wildman–Crippen MR) is 223 cm³/mol. The second-order valence-corrected chi connectivity index (χ2v) is 18.4. The van der Waals surface area contributed by atoms with E-state index < -0.39 is 0 Å². The third kappa shape index (κ3) is 6.12. The van der Waals surface area contributed by atoms with Gasteiger partial charge >= 0.3 is 16.8 Å². The first-order valence-corrected chi connectivity index (χ1v) is 19.0. The summed E-state index contributed by atoms with van der Waals surface area (Å²) in [7, 11) is 0. The van der Waals surface area contributed by atoms with Crippen LogP contribution in [0.5, 0.6) is 0 Å². The Balaban J connectivity index is 0.00000413. The van der Waals surface area contributed by atoms with E-state index in [1.807, 2.05) is 0 Å². The average molecular weight is 866 g/mol. The summed E-state index contributed by atoms with van der Waals surface area (Å²) >= 11 is 2.33. The summed E-state index contributed by atoms with van der Waals surface area (Å²) < 4.78 is 1.08. The second kappa shape index (κ2) is 12.5. The third-order valence-electron chi connectivity index (χ3n) is 10.3. The van der Waals surface area contributed by atoms with Crippen LogP contribution in [0.2, 0.25) is 0 Å². The van der Waals surface area contributed by atoms with E-state index in [1.165, 1.54) is 16.7 Å². The monoisotopic (exact) mass is 865 g/mol. The molecular formula is C44H39CoIN8. The van der Waals surface area contributed by atoms with Crippen LogP contribution in [0.1, 0.15) is 79.0 Å². The van der Waals surface area contributed by atoms with Crippen molar-refractivity contribution in [3.05, 3.63) is 93.1 Å². The number of hydrogen-bond acceptors (Lipinski definition) is 6. The summed E-state index contributed by atoms with van der Waals surface area (Å²) in [5.74, 6) is 2.23. The Morgan fingerprint density at radius 2 is 0.741 bits per heavy atom. The van der Waals surface area contributed by atoms with Gasteiger partial charge in [0.25, 0.3) is 0 Å². The van der Waals surface area contributed by atoms with Crippen LogP contribution in [0.3, 0.4) is 0 Å². The van der Waals surface area contributed by atoms with E-state index in [9.17, 15) is 0 Å². The number of halogens is 1. The smallest absolute Gasteiger partial charge is 0.357 e. The van der Waals surface area contributed by atoms with Gasteiger partial charge in [0.1, 0.15) is 0 Å². The van der Waals surface area contributed by atoms with Gasteiger partial charge in [-0.2, -0.15) is 0 Å². The SMILES string of the molecule is CC(C)(C)c1ccc2c(c1)-c1nc-2nc2[n-]c(nc3nc(nc4[n-]c(n1)c1cc(C(C)(C)C)ccc41)-c1ccc(I)cc1-3)c1cc(C(C)(C)C)ccc21.[Co+2]. The number of benzene rings is 4. The van der Waals surface area contributed by atoms with Crippen molar-refractivity contribution in [1.29, 1.82) is 0 Å². The van der Waals surface area contributed by atoms with Crippen LogP contribution in [0.25, 0.3) is 89.7 Å². The van der Waals surface area contributed by atoms with Crippen molar-refractivity contribution in [3.63, 3.8) is 0 Å². The van der Waals surface area contributed by atoms with Crippen LogP contribution in [0.4, 0.5) is 0 Å². The van der Waals surface area contributed by atoms with E-state index in [-0.39, 0.29) is 33.0 Å². The molecule has 0 aliphatic carbocycles. The Labute approximate surface area is 338 Å². The Morgan fingerprint density at radius 1 is 0.389 bits per heavy atom. The topological polar surface area (TPSA) is 106 Å². The standard InChI is InChI=1S/C44H39IN8.Co/c1-42(2,3)22-10-14-26-30(18-22)38-48-34(26)46-35-28-16-12-24(44(7,8)9)20-32(28)40(50-35)53-41-33-21-25(45)13-17-29(33)37(51-41)47-36-27-15-11-23(43(4,5)6)19-31(27)39(49-36)52-38;/h10-21H,1-9H3;/q-2;+2. The Morgan fingerprint density at radius 3 is 1.19 bits per heavy atom. The van der Waals surface area contributed by atoms with E-state index in [4.69, 9.17) is 39.9 Å². The first-order chi connectivity index (χ1) is 25.0. The molecule has 0 atom stereocenters. The zero-order valence-electron chi connectivity index (χ0n) is 31.7. The van der Waals surface area contributed by atoms with Crippen LogP contribution in [-0.2, 0) is 33.0 Å². The maximum absolute atomic E-state index is 5.24. The average Bonchev–Trinajstić information content (AvgIpc) is 3.81. The number of nitrogens with zero attached hydrogens (tertiary/aromatic N) is 8. The summed E-state index contributed by atoms with van der Waals surface area (Å²) in [4.78, 5) is 41.2. The van der Waals surface area contributed by atoms with Gasteiger partial charge < -0.3 is 29.9 Å². The molecule has 271 valence electrons. The van der Waals surface area contributed by atoms with Gasteiger partial charge in [0.15, 0.2) is 0 Å². The number of hydrogen-bond donors (Lipinski definition) is 0. The molecular weight excluding hydrogens is 826 g/mol. The first kappa shape index (κ1) is 36.5. The van der Waals surface area contributed by atoms with E-state index >= 15 is 0 Å². The second-order valence-electron chi connectivity index (χ2n) is 17.2. The van der Waals surface area contributed by atoms with Gasteiger partial charge in [0.05, 0.1) is 23.3 Å². The molecule has 10 heteroatoms. The zero-order chi connectivity index (χ0) is 37.2. The largest absolute Gasteiger partial charge is 2.00 e. The molecule has 7 aromatic rings. The molecule has 9 rings (SSSR count). The van der Waals surface area contributed by atoms with Crippen molar-refractivity contribution in [3.8, 4) is 45.6 Å². The van der Waals surface area contributed by atoms with Crippen molar-refractivity contribution >= 4 is 66.7 Å². The van der Waals surface area contributed by atoms with Gasteiger partial charge in [-0.25, -0.2) is 9.97 Å². The molecule has 54 heavy (non-hydrogen) atoms. The molecule has 0 amide bonds. The van der Waals surface area contributed by atoms with E-state index in [1.54, 1.807) is 0 Å². The molecule has 3 aromatic heterocycles. The fourth-order valence-electron chi connectivity index (χ4n) is 7.03. The van der Waals surface area contributed by atoms with Gasteiger partial charge in [-0.05, 0) is 107 Å².